The fourth-order valence-electron chi connectivity index (χ4n) is 4.70. The Morgan fingerprint density at radius 1 is 1.24 bits per heavy atom. The number of halogens is 3. The van der Waals surface area contributed by atoms with E-state index in [4.69, 9.17) is 0 Å². The quantitative estimate of drug-likeness (QED) is 0.388. The Labute approximate surface area is 193 Å². The molecule has 1 amide bonds. The Morgan fingerprint density at radius 3 is 2.74 bits per heavy atom. The molecule has 0 saturated heterocycles. The number of carbonyl (C=O) groups is 1. The summed E-state index contributed by atoms with van der Waals surface area (Å²) in [6.07, 6.45) is 1.16. The summed E-state index contributed by atoms with van der Waals surface area (Å²) >= 11 is 0. The van der Waals surface area contributed by atoms with Crippen LogP contribution in [-0.2, 0) is 6.18 Å². The van der Waals surface area contributed by atoms with Gasteiger partial charge in [-0.1, -0.05) is 6.07 Å². The van der Waals surface area contributed by atoms with E-state index in [1.54, 1.807) is 30.5 Å². The van der Waals surface area contributed by atoms with Gasteiger partial charge in [-0.3, -0.25) is 9.20 Å². The second-order valence-corrected chi connectivity index (χ2v) is 9.27. The van der Waals surface area contributed by atoms with E-state index in [-0.39, 0.29) is 23.1 Å². The van der Waals surface area contributed by atoms with Gasteiger partial charge in [-0.2, -0.15) is 13.2 Å². The standard InChI is InChI=1S/C24H25F3N6O/c1-14-12-17-16(8-11-28-21(17)29-14)22(34)30-15-6-9-23(2,10-7-15)32-20-5-3-4-19-31-18(13-33(19)20)24(25,26)27/h3-5,8,11-13,15,32H,6-7,9-10H2,1-2H3,(H,28,29)(H,30,34). The zero-order valence-corrected chi connectivity index (χ0v) is 18.8. The van der Waals surface area contributed by atoms with Gasteiger partial charge in [0.1, 0.15) is 17.1 Å². The molecular weight excluding hydrogens is 445 g/mol. The lowest BCUT2D eigenvalue weighted by atomic mass is 9.80. The van der Waals surface area contributed by atoms with E-state index in [0.29, 0.717) is 17.0 Å². The van der Waals surface area contributed by atoms with Gasteiger partial charge in [-0.25, -0.2) is 9.97 Å². The Morgan fingerprint density at radius 2 is 2.00 bits per heavy atom. The van der Waals surface area contributed by atoms with Gasteiger partial charge >= 0.3 is 6.18 Å². The van der Waals surface area contributed by atoms with E-state index in [2.05, 4.69) is 32.5 Å². The van der Waals surface area contributed by atoms with Crippen molar-refractivity contribution in [1.82, 2.24) is 24.7 Å². The maximum atomic E-state index is 13.1. The van der Waals surface area contributed by atoms with Gasteiger partial charge in [-0.05, 0) is 63.8 Å². The van der Waals surface area contributed by atoms with Crippen molar-refractivity contribution in [2.45, 2.75) is 57.3 Å². The molecule has 3 N–H and O–H groups in total. The third kappa shape index (κ3) is 4.20. The number of imidazole rings is 1. The number of carbonyl (C=O) groups excluding carboxylic acids is 1. The number of aromatic amines is 1. The van der Waals surface area contributed by atoms with E-state index in [1.807, 2.05) is 13.0 Å². The minimum atomic E-state index is -4.50. The summed E-state index contributed by atoms with van der Waals surface area (Å²) in [6, 6.07) is 8.66. The van der Waals surface area contributed by atoms with Crippen LogP contribution in [-0.4, -0.2) is 36.8 Å². The van der Waals surface area contributed by atoms with Gasteiger partial charge in [0, 0.05) is 35.1 Å². The summed E-state index contributed by atoms with van der Waals surface area (Å²) in [4.78, 5) is 24.1. The monoisotopic (exact) mass is 470 g/mol. The van der Waals surface area contributed by atoms with Crippen LogP contribution in [0.3, 0.4) is 0 Å². The maximum Gasteiger partial charge on any atom is 0.434 e. The van der Waals surface area contributed by atoms with E-state index in [1.165, 1.54) is 4.40 Å². The lowest BCUT2D eigenvalue weighted by molar-refractivity contribution is -0.140. The van der Waals surface area contributed by atoms with Crippen molar-refractivity contribution in [3.05, 3.63) is 59.7 Å². The Hall–Kier alpha value is -3.56. The molecule has 7 nitrogen and oxygen atoms in total. The van der Waals surface area contributed by atoms with Gasteiger partial charge < -0.3 is 15.6 Å². The highest BCUT2D eigenvalue weighted by Crippen LogP contribution is 2.34. The highest BCUT2D eigenvalue weighted by Gasteiger charge is 2.35. The van der Waals surface area contributed by atoms with Crippen molar-refractivity contribution in [1.29, 1.82) is 0 Å². The second-order valence-electron chi connectivity index (χ2n) is 9.27. The van der Waals surface area contributed by atoms with Crippen LogP contribution in [0.5, 0.6) is 0 Å². The molecule has 1 aliphatic carbocycles. The molecule has 1 saturated carbocycles. The number of aromatic nitrogens is 4. The van der Waals surface area contributed by atoms with Gasteiger partial charge in [-0.15, -0.1) is 0 Å². The second kappa shape index (κ2) is 8.03. The number of anilines is 1. The van der Waals surface area contributed by atoms with E-state index in [0.717, 1.165) is 43.0 Å². The zero-order valence-electron chi connectivity index (χ0n) is 18.8. The zero-order chi connectivity index (χ0) is 24.1. The molecule has 4 aromatic heterocycles. The number of amides is 1. The summed E-state index contributed by atoms with van der Waals surface area (Å²) in [5.74, 6) is 0.434. The average molecular weight is 470 g/mol. The van der Waals surface area contributed by atoms with Crippen LogP contribution in [0.1, 0.15) is 54.4 Å². The predicted octanol–water partition coefficient (Wildman–Crippen LogP) is 5.08. The number of hydrogen-bond acceptors (Lipinski definition) is 4. The Balaban J connectivity index is 1.26. The smallest absolute Gasteiger partial charge is 0.366 e. The number of fused-ring (bicyclic) bond motifs is 2. The number of hydrogen-bond donors (Lipinski definition) is 3. The number of pyridine rings is 2. The average Bonchev–Trinajstić information content (AvgIpc) is 3.38. The van der Waals surface area contributed by atoms with Gasteiger partial charge in [0.05, 0.1) is 5.56 Å². The molecule has 4 heterocycles. The summed E-state index contributed by atoms with van der Waals surface area (Å²) in [6.45, 7) is 3.98. The van der Waals surface area contributed by atoms with Crippen LogP contribution in [0.25, 0.3) is 16.7 Å². The Bertz CT molecular complexity index is 1360. The molecule has 0 radical (unpaired) electrons. The number of nitrogens with zero attached hydrogens (tertiary/aromatic N) is 3. The van der Waals surface area contributed by atoms with Crippen LogP contribution in [0.4, 0.5) is 19.0 Å². The van der Waals surface area contributed by atoms with E-state index < -0.39 is 11.9 Å². The number of alkyl halides is 3. The van der Waals surface area contributed by atoms with Crippen molar-refractivity contribution < 1.29 is 18.0 Å². The van der Waals surface area contributed by atoms with Crippen molar-refractivity contribution >= 4 is 28.4 Å². The number of rotatable bonds is 4. The van der Waals surface area contributed by atoms with Crippen molar-refractivity contribution in [3.8, 4) is 0 Å². The van der Waals surface area contributed by atoms with Crippen LogP contribution in [0.15, 0.2) is 42.7 Å². The predicted molar refractivity (Wildman–Crippen MR) is 123 cm³/mol. The van der Waals surface area contributed by atoms with Crippen LogP contribution in [0.2, 0.25) is 0 Å². The largest absolute Gasteiger partial charge is 0.434 e. The molecule has 0 aromatic carbocycles. The lowest BCUT2D eigenvalue weighted by Crippen LogP contribution is -2.46. The molecule has 10 heteroatoms. The van der Waals surface area contributed by atoms with Gasteiger partial charge in [0.2, 0.25) is 0 Å². The molecule has 0 bridgehead atoms. The third-order valence-corrected chi connectivity index (χ3v) is 6.55. The van der Waals surface area contributed by atoms with Crippen LogP contribution >= 0.6 is 0 Å². The number of nitrogens with one attached hydrogen (secondary N) is 3. The molecule has 0 aliphatic heterocycles. The molecule has 1 aliphatic rings. The Kier molecular flexibility index (Phi) is 5.26. The van der Waals surface area contributed by atoms with Gasteiger partial charge in [0.15, 0.2) is 5.69 Å². The SMILES string of the molecule is Cc1cc2c(C(=O)NC3CCC(C)(Nc4cccc5nc(C(F)(F)F)cn45)CC3)ccnc2[nH]1. The molecule has 0 atom stereocenters. The first-order valence-corrected chi connectivity index (χ1v) is 11.2. The fourth-order valence-corrected chi connectivity index (χ4v) is 4.70. The summed E-state index contributed by atoms with van der Waals surface area (Å²) < 4.78 is 40.8. The highest BCUT2D eigenvalue weighted by atomic mass is 19.4. The summed E-state index contributed by atoms with van der Waals surface area (Å²) in [7, 11) is 0. The molecule has 0 unspecified atom stereocenters. The highest BCUT2D eigenvalue weighted by molar-refractivity contribution is 6.05. The molecule has 4 aromatic rings. The maximum absolute atomic E-state index is 13.1. The summed E-state index contributed by atoms with van der Waals surface area (Å²) in [5.41, 5.74) is 1.23. The summed E-state index contributed by atoms with van der Waals surface area (Å²) in [5, 5.41) is 7.36. The first-order chi connectivity index (χ1) is 16.1. The first-order valence-electron chi connectivity index (χ1n) is 11.2. The topological polar surface area (TPSA) is 87.1 Å². The third-order valence-electron chi connectivity index (χ3n) is 6.55. The first kappa shape index (κ1) is 22.2. The number of H-pyrrole nitrogens is 1. The fraction of sp³-hybridized carbons (Fsp3) is 0.375. The van der Waals surface area contributed by atoms with E-state index >= 15 is 0 Å². The lowest BCUT2D eigenvalue weighted by Gasteiger charge is -2.39. The minimum Gasteiger partial charge on any atom is -0.366 e. The molecule has 1 fully saturated rings. The van der Waals surface area contributed by atoms with Crippen LogP contribution in [0, 0.1) is 6.92 Å². The van der Waals surface area contributed by atoms with Crippen LogP contribution < -0.4 is 10.6 Å². The minimum absolute atomic E-state index is 0.0199. The molecule has 5 rings (SSSR count). The molecule has 34 heavy (non-hydrogen) atoms. The van der Waals surface area contributed by atoms with Crippen molar-refractivity contribution in [2.75, 3.05) is 5.32 Å². The van der Waals surface area contributed by atoms with Gasteiger partial charge in [0.25, 0.3) is 5.91 Å². The molecule has 178 valence electrons. The number of aryl methyl sites for hydroxylation is 1. The normalized spacial score (nSPS) is 21.1. The van der Waals surface area contributed by atoms with Crippen molar-refractivity contribution in [2.24, 2.45) is 0 Å². The van der Waals surface area contributed by atoms with E-state index in [9.17, 15) is 18.0 Å². The molecular formula is C24H25F3N6O. The molecule has 0 spiro atoms. The van der Waals surface area contributed by atoms with Crippen molar-refractivity contribution in [3.63, 3.8) is 0 Å².